The molecule has 2 aromatic carbocycles. The fraction of sp³-hybridized carbons (Fsp3) is 0.444. The molecule has 0 unspecified atom stereocenters. The minimum absolute atomic E-state index is 0.0279. The Kier molecular flexibility index (Phi) is 8.31. The number of likely N-dealkylation sites (tertiary alicyclic amines) is 2. The Morgan fingerprint density at radius 1 is 0.591 bits per heavy atom. The smallest absolute Gasteiger partial charge is 0.246 e. The van der Waals surface area contributed by atoms with Crippen LogP contribution in [0, 0.1) is 23.7 Å². The second-order valence-electron chi connectivity index (χ2n) is 12.3. The number of nitrogens with zero attached hydrogens (tertiary/aromatic N) is 2. The van der Waals surface area contributed by atoms with Gasteiger partial charge in [-0.05, 0) is 97.7 Å². The van der Waals surface area contributed by atoms with Gasteiger partial charge in [0.15, 0.2) is 23.0 Å². The number of hydrogen-bond donors (Lipinski definition) is 0. The van der Waals surface area contributed by atoms with E-state index in [9.17, 15) is 9.59 Å². The van der Waals surface area contributed by atoms with Crippen LogP contribution in [0.25, 0.3) is 12.2 Å². The maximum absolute atomic E-state index is 14.1. The molecule has 0 bridgehead atoms. The molecule has 4 aliphatic heterocycles. The van der Waals surface area contributed by atoms with E-state index in [-0.39, 0.29) is 49.1 Å². The van der Waals surface area contributed by atoms with Crippen molar-refractivity contribution in [1.82, 2.24) is 9.80 Å². The lowest BCUT2D eigenvalue weighted by Crippen LogP contribution is -2.54. The third kappa shape index (κ3) is 5.94. The number of rotatable bonds is 7. The summed E-state index contributed by atoms with van der Waals surface area (Å²) in [7, 11) is 0. The molecule has 5 aliphatic rings. The minimum Gasteiger partial charge on any atom is -0.454 e. The van der Waals surface area contributed by atoms with Crippen LogP contribution in [0.5, 0.6) is 23.0 Å². The number of carbonyl (C=O) groups excluding carboxylic acids is 2. The zero-order chi connectivity index (χ0) is 29.9. The van der Waals surface area contributed by atoms with E-state index in [2.05, 4.69) is 24.3 Å². The van der Waals surface area contributed by atoms with Crippen LogP contribution in [-0.4, -0.2) is 61.4 Å². The molecule has 0 spiro atoms. The summed E-state index contributed by atoms with van der Waals surface area (Å²) in [5.41, 5.74) is 2.00. The Balaban J connectivity index is 1.19. The van der Waals surface area contributed by atoms with Gasteiger partial charge < -0.3 is 28.7 Å². The molecule has 1 saturated carbocycles. The van der Waals surface area contributed by atoms with Gasteiger partial charge in [-0.25, -0.2) is 0 Å². The number of allylic oxidation sites excluding steroid dienone is 3. The number of carbonyl (C=O) groups is 2. The second kappa shape index (κ2) is 12.8. The number of ether oxygens (including phenoxy) is 4. The van der Waals surface area contributed by atoms with Gasteiger partial charge >= 0.3 is 0 Å². The topological polar surface area (TPSA) is 77.5 Å². The van der Waals surface area contributed by atoms with Gasteiger partial charge in [0.1, 0.15) is 0 Å². The summed E-state index contributed by atoms with van der Waals surface area (Å²) >= 11 is 0. The van der Waals surface area contributed by atoms with E-state index in [0.29, 0.717) is 0 Å². The molecule has 0 N–H and O–H groups in total. The average molecular weight is 597 g/mol. The summed E-state index contributed by atoms with van der Waals surface area (Å²) < 4.78 is 22.2. The van der Waals surface area contributed by atoms with Crippen LogP contribution in [-0.2, 0) is 9.59 Å². The summed E-state index contributed by atoms with van der Waals surface area (Å²) in [6, 6.07) is 11.8. The van der Waals surface area contributed by atoms with Crippen molar-refractivity contribution in [2.45, 2.75) is 38.5 Å². The highest BCUT2D eigenvalue weighted by molar-refractivity contribution is 5.88. The minimum atomic E-state index is -0.241. The highest BCUT2D eigenvalue weighted by atomic mass is 16.7. The lowest BCUT2D eigenvalue weighted by atomic mass is 9.55. The first-order valence-corrected chi connectivity index (χ1v) is 16.1. The monoisotopic (exact) mass is 596 g/mol. The van der Waals surface area contributed by atoms with Gasteiger partial charge in [0.25, 0.3) is 0 Å². The molecule has 1 aliphatic carbocycles. The fourth-order valence-electron chi connectivity index (χ4n) is 7.14. The number of fused-ring (bicyclic) bond motifs is 2. The summed E-state index contributed by atoms with van der Waals surface area (Å²) in [5, 5.41) is 0. The van der Waals surface area contributed by atoms with Gasteiger partial charge in [0, 0.05) is 26.2 Å². The van der Waals surface area contributed by atoms with Crippen molar-refractivity contribution in [1.29, 1.82) is 0 Å². The van der Waals surface area contributed by atoms with E-state index in [4.69, 9.17) is 18.9 Å². The largest absolute Gasteiger partial charge is 0.454 e. The van der Waals surface area contributed by atoms with Crippen molar-refractivity contribution in [2.75, 3.05) is 39.8 Å². The van der Waals surface area contributed by atoms with Crippen LogP contribution in [0.1, 0.15) is 49.7 Å². The number of hydrogen-bond acceptors (Lipinski definition) is 6. The first kappa shape index (κ1) is 28.6. The Hall–Kier alpha value is -4.20. The van der Waals surface area contributed by atoms with Crippen molar-refractivity contribution in [3.05, 3.63) is 71.8 Å². The standard InChI is InChI=1S/C36H40N2O6/c39-34(37-17-3-1-4-18-37)16-13-29-27(11-7-25-9-14-30-32(21-25)43-23-41-30)28(35(29)36(40)38-19-5-2-6-20-38)12-8-26-10-15-31-33(22-26)44-24-42-31/h7-16,21-22,27-29,35H,1-6,17-20,23-24H2/b11-7+,12-8+,16-13+/t27-,28+,29+,35-/m1/s1. The van der Waals surface area contributed by atoms with Crippen LogP contribution in [0.3, 0.4) is 0 Å². The van der Waals surface area contributed by atoms with Crippen molar-refractivity contribution in [2.24, 2.45) is 23.7 Å². The molecule has 3 fully saturated rings. The van der Waals surface area contributed by atoms with Crippen molar-refractivity contribution in [3.63, 3.8) is 0 Å². The molecule has 2 saturated heterocycles. The summed E-state index contributed by atoms with van der Waals surface area (Å²) in [5.74, 6) is 2.89. The first-order chi connectivity index (χ1) is 21.6. The molecule has 0 aromatic heterocycles. The van der Waals surface area contributed by atoms with E-state index in [0.717, 1.165) is 92.4 Å². The molecule has 2 aromatic rings. The van der Waals surface area contributed by atoms with Crippen LogP contribution in [0.15, 0.2) is 60.7 Å². The molecule has 44 heavy (non-hydrogen) atoms. The highest BCUT2D eigenvalue weighted by Gasteiger charge is 2.51. The third-order valence-electron chi connectivity index (χ3n) is 9.61. The Morgan fingerprint density at radius 3 is 1.68 bits per heavy atom. The Labute approximate surface area is 258 Å². The first-order valence-electron chi connectivity index (χ1n) is 16.1. The number of benzene rings is 2. The molecule has 0 radical (unpaired) electrons. The molecular weight excluding hydrogens is 556 g/mol. The highest BCUT2D eigenvalue weighted by Crippen LogP contribution is 2.50. The maximum Gasteiger partial charge on any atom is 0.246 e. The molecule has 4 atom stereocenters. The molecule has 8 nitrogen and oxygen atoms in total. The number of amides is 2. The Bertz CT molecular complexity index is 1470. The molecule has 8 heteroatoms. The summed E-state index contributed by atoms with van der Waals surface area (Å²) in [6.07, 6.45) is 18.8. The SMILES string of the molecule is O=C(/C=C/[C@H]1[C@H](/C=C/c2ccc3c(c2)OCO3)[C@H](/C=C/c2ccc3c(c2)OCO3)[C@H]1C(=O)N1CCCCC1)N1CCCCC1. The van der Waals surface area contributed by atoms with Crippen molar-refractivity contribution >= 4 is 24.0 Å². The normalized spacial score (nSPS) is 26.1. The lowest BCUT2D eigenvalue weighted by molar-refractivity contribution is -0.146. The zero-order valence-electron chi connectivity index (χ0n) is 25.1. The Morgan fingerprint density at radius 2 is 1.09 bits per heavy atom. The van der Waals surface area contributed by atoms with Gasteiger partial charge in [-0.3, -0.25) is 9.59 Å². The summed E-state index contributed by atoms with van der Waals surface area (Å²) in [4.78, 5) is 31.3. The maximum atomic E-state index is 14.1. The van der Waals surface area contributed by atoms with Crippen LogP contribution >= 0.6 is 0 Å². The quantitative estimate of drug-likeness (QED) is 0.369. The third-order valence-corrected chi connectivity index (χ3v) is 9.61. The van der Waals surface area contributed by atoms with E-state index in [1.165, 1.54) is 6.42 Å². The molecule has 2 amide bonds. The molecule has 7 rings (SSSR count). The van der Waals surface area contributed by atoms with E-state index < -0.39 is 0 Å². The predicted octanol–water partition coefficient (Wildman–Crippen LogP) is 5.93. The van der Waals surface area contributed by atoms with Crippen LogP contribution in [0.4, 0.5) is 0 Å². The van der Waals surface area contributed by atoms with Gasteiger partial charge in [-0.15, -0.1) is 0 Å². The van der Waals surface area contributed by atoms with Gasteiger partial charge in [0.2, 0.25) is 25.4 Å². The van der Waals surface area contributed by atoms with Gasteiger partial charge in [0.05, 0.1) is 5.92 Å². The van der Waals surface area contributed by atoms with E-state index >= 15 is 0 Å². The fourth-order valence-corrected chi connectivity index (χ4v) is 7.14. The average Bonchev–Trinajstić information content (AvgIpc) is 3.74. The lowest BCUT2D eigenvalue weighted by Gasteiger charge is -2.50. The molecular formula is C36H40N2O6. The van der Waals surface area contributed by atoms with Gasteiger partial charge in [-0.2, -0.15) is 0 Å². The zero-order valence-corrected chi connectivity index (χ0v) is 25.1. The number of piperidine rings is 2. The van der Waals surface area contributed by atoms with Gasteiger partial charge in [-0.1, -0.05) is 42.5 Å². The predicted molar refractivity (Wildman–Crippen MR) is 167 cm³/mol. The van der Waals surface area contributed by atoms with Crippen LogP contribution in [0.2, 0.25) is 0 Å². The summed E-state index contributed by atoms with van der Waals surface area (Å²) in [6.45, 7) is 3.67. The van der Waals surface area contributed by atoms with Crippen LogP contribution < -0.4 is 18.9 Å². The second-order valence-corrected chi connectivity index (χ2v) is 12.3. The molecule has 4 heterocycles. The molecule has 230 valence electrons. The van der Waals surface area contributed by atoms with Crippen molar-refractivity contribution < 1.29 is 28.5 Å². The van der Waals surface area contributed by atoms with E-state index in [1.54, 1.807) is 6.08 Å². The van der Waals surface area contributed by atoms with E-state index in [1.807, 2.05) is 52.3 Å². The van der Waals surface area contributed by atoms with Crippen molar-refractivity contribution in [3.8, 4) is 23.0 Å².